The molecule has 2 amide bonds. The largest absolute Gasteiger partial charge is 0.481 e. The quantitative estimate of drug-likeness (QED) is 0.884. The Morgan fingerprint density at radius 1 is 1.07 bits per heavy atom. The van der Waals surface area contributed by atoms with E-state index in [1.165, 1.54) is 0 Å². The number of benzene rings is 1. The van der Waals surface area contributed by atoms with Crippen molar-refractivity contribution in [2.24, 2.45) is 17.3 Å². The summed E-state index contributed by atoms with van der Waals surface area (Å²) in [7, 11) is 0. The fourth-order valence-corrected chi connectivity index (χ4v) is 4.74. The maximum Gasteiger partial charge on any atom is 0.313 e. The van der Waals surface area contributed by atoms with Crippen molar-refractivity contribution >= 4 is 17.8 Å². The van der Waals surface area contributed by atoms with Crippen LogP contribution in [0.5, 0.6) is 0 Å². The molecule has 4 rings (SSSR count). The number of aliphatic carboxylic acids is 1. The second-order valence-corrected chi connectivity index (χ2v) is 8.51. The zero-order chi connectivity index (χ0) is 19.3. The highest BCUT2D eigenvalue weighted by Gasteiger charge is 2.59. The highest BCUT2D eigenvalue weighted by Crippen LogP contribution is 2.44. The number of hydrogen-bond acceptors (Lipinski definition) is 3. The summed E-state index contributed by atoms with van der Waals surface area (Å²) in [4.78, 5) is 41.2. The first-order valence-corrected chi connectivity index (χ1v) is 9.70. The number of carboxylic acids is 1. The molecule has 2 saturated heterocycles. The summed E-state index contributed by atoms with van der Waals surface area (Å²) in [6.45, 7) is 5.07. The molecule has 0 radical (unpaired) electrons. The Kier molecular flexibility index (Phi) is 4.24. The van der Waals surface area contributed by atoms with Crippen molar-refractivity contribution in [1.29, 1.82) is 0 Å². The van der Waals surface area contributed by atoms with Gasteiger partial charge in [0.1, 0.15) is 5.41 Å². The van der Waals surface area contributed by atoms with Gasteiger partial charge < -0.3 is 14.9 Å². The zero-order valence-corrected chi connectivity index (χ0v) is 15.9. The van der Waals surface area contributed by atoms with Crippen molar-refractivity contribution in [3.63, 3.8) is 0 Å². The number of carbonyl (C=O) groups excluding carboxylic acids is 2. The van der Waals surface area contributed by atoms with Gasteiger partial charge in [0.05, 0.1) is 0 Å². The maximum absolute atomic E-state index is 13.0. The first-order valence-electron chi connectivity index (χ1n) is 9.70. The number of fused-ring (bicyclic) bond motifs is 1. The standard InChI is InChI=1S/C21H26N2O4/c1-13-6-7-14(2)17(8-13)19(25)23-10-16-9-22(18(24)15-4-3-5-15)11-21(16,12-23)20(26)27/h6-8,15-16H,3-5,9-12H2,1-2H3,(H,26,27)/t16-,21-/m1/s1. The second-order valence-electron chi connectivity index (χ2n) is 8.51. The molecule has 144 valence electrons. The Morgan fingerprint density at radius 3 is 2.33 bits per heavy atom. The van der Waals surface area contributed by atoms with Crippen LogP contribution in [0.1, 0.15) is 40.7 Å². The summed E-state index contributed by atoms with van der Waals surface area (Å²) in [6.07, 6.45) is 2.91. The van der Waals surface area contributed by atoms with E-state index in [0.717, 1.165) is 30.4 Å². The Hall–Kier alpha value is -2.37. The third-order valence-electron chi connectivity index (χ3n) is 6.71. The van der Waals surface area contributed by atoms with E-state index in [0.29, 0.717) is 18.7 Å². The van der Waals surface area contributed by atoms with Crippen LogP contribution in [-0.4, -0.2) is 58.9 Å². The van der Waals surface area contributed by atoms with Gasteiger partial charge in [-0.3, -0.25) is 14.4 Å². The van der Waals surface area contributed by atoms with Crippen LogP contribution < -0.4 is 0 Å². The number of likely N-dealkylation sites (tertiary alicyclic amines) is 2. The van der Waals surface area contributed by atoms with Gasteiger partial charge in [0.2, 0.25) is 5.91 Å². The number of aryl methyl sites for hydroxylation is 2. The normalized spacial score (nSPS) is 27.4. The monoisotopic (exact) mass is 370 g/mol. The maximum atomic E-state index is 13.0. The molecule has 0 spiro atoms. The fourth-order valence-electron chi connectivity index (χ4n) is 4.74. The number of nitrogens with zero attached hydrogens (tertiary/aromatic N) is 2. The molecule has 1 aromatic carbocycles. The Labute approximate surface area is 159 Å². The van der Waals surface area contributed by atoms with Gasteiger partial charge in [0.15, 0.2) is 0 Å². The van der Waals surface area contributed by atoms with Crippen LogP contribution in [-0.2, 0) is 9.59 Å². The lowest BCUT2D eigenvalue weighted by Gasteiger charge is -2.31. The van der Waals surface area contributed by atoms with Crippen molar-refractivity contribution in [3.8, 4) is 0 Å². The third-order valence-corrected chi connectivity index (χ3v) is 6.71. The minimum absolute atomic E-state index is 0.0716. The predicted octanol–water partition coefficient (Wildman–Crippen LogP) is 2.09. The van der Waals surface area contributed by atoms with Gasteiger partial charge >= 0.3 is 5.97 Å². The number of carbonyl (C=O) groups is 3. The number of amides is 2. The van der Waals surface area contributed by atoms with E-state index >= 15 is 0 Å². The van der Waals surface area contributed by atoms with Crippen LogP contribution in [0.3, 0.4) is 0 Å². The van der Waals surface area contributed by atoms with Gasteiger partial charge in [0.25, 0.3) is 5.91 Å². The molecule has 6 heteroatoms. The van der Waals surface area contributed by atoms with Crippen LogP contribution in [0.2, 0.25) is 0 Å². The van der Waals surface area contributed by atoms with Crippen LogP contribution in [0.25, 0.3) is 0 Å². The number of carboxylic acid groups (broad SMARTS) is 1. The molecule has 27 heavy (non-hydrogen) atoms. The highest BCUT2D eigenvalue weighted by atomic mass is 16.4. The van der Waals surface area contributed by atoms with E-state index in [-0.39, 0.29) is 36.7 Å². The van der Waals surface area contributed by atoms with Crippen molar-refractivity contribution < 1.29 is 19.5 Å². The average molecular weight is 370 g/mol. The highest BCUT2D eigenvalue weighted by molar-refractivity contribution is 5.97. The summed E-state index contributed by atoms with van der Waals surface area (Å²) < 4.78 is 0. The third kappa shape index (κ3) is 2.82. The molecule has 3 fully saturated rings. The Balaban J connectivity index is 1.54. The predicted molar refractivity (Wildman–Crippen MR) is 99.3 cm³/mol. The van der Waals surface area contributed by atoms with Crippen LogP contribution >= 0.6 is 0 Å². The summed E-state index contributed by atoms with van der Waals surface area (Å²) in [5, 5.41) is 9.98. The Morgan fingerprint density at radius 2 is 1.74 bits per heavy atom. The molecule has 1 N–H and O–H groups in total. The summed E-state index contributed by atoms with van der Waals surface area (Å²) in [5.41, 5.74) is 1.51. The van der Waals surface area contributed by atoms with Gasteiger partial charge in [-0.05, 0) is 38.3 Å². The van der Waals surface area contributed by atoms with Gasteiger partial charge in [-0.1, -0.05) is 24.1 Å². The first kappa shape index (κ1) is 18.0. The van der Waals surface area contributed by atoms with Crippen LogP contribution in [0.4, 0.5) is 0 Å². The molecular weight excluding hydrogens is 344 g/mol. The van der Waals surface area contributed by atoms with Crippen LogP contribution in [0.15, 0.2) is 18.2 Å². The van der Waals surface area contributed by atoms with Crippen LogP contribution in [0, 0.1) is 31.1 Å². The molecule has 0 aromatic heterocycles. The molecule has 2 heterocycles. The molecule has 1 aromatic rings. The number of rotatable bonds is 3. The summed E-state index contributed by atoms with van der Waals surface area (Å²) >= 11 is 0. The topological polar surface area (TPSA) is 77.9 Å². The van der Waals surface area contributed by atoms with E-state index in [9.17, 15) is 19.5 Å². The smallest absolute Gasteiger partial charge is 0.313 e. The van der Waals surface area contributed by atoms with E-state index in [1.54, 1.807) is 9.80 Å². The summed E-state index contributed by atoms with van der Waals surface area (Å²) in [5.74, 6) is -1.03. The molecule has 1 saturated carbocycles. The number of hydrogen-bond donors (Lipinski definition) is 1. The summed E-state index contributed by atoms with van der Waals surface area (Å²) in [6, 6.07) is 5.75. The van der Waals surface area contributed by atoms with Gasteiger partial charge in [-0.2, -0.15) is 0 Å². The molecule has 3 aliphatic rings. The first-order chi connectivity index (χ1) is 12.8. The van der Waals surface area contributed by atoms with Crippen molar-refractivity contribution in [1.82, 2.24) is 9.80 Å². The molecular formula is C21H26N2O4. The van der Waals surface area contributed by atoms with E-state index in [1.807, 2.05) is 32.0 Å². The van der Waals surface area contributed by atoms with Gasteiger partial charge in [-0.25, -0.2) is 0 Å². The Bertz CT molecular complexity index is 816. The molecule has 1 aliphatic carbocycles. The minimum atomic E-state index is -1.03. The molecule has 2 aliphatic heterocycles. The van der Waals surface area contributed by atoms with Crippen molar-refractivity contribution in [2.45, 2.75) is 33.1 Å². The molecule has 2 atom stereocenters. The molecule has 0 unspecified atom stereocenters. The van der Waals surface area contributed by atoms with Gasteiger partial charge in [-0.15, -0.1) is 0 Å². The zero-order valence-electron chi connectivity index (χ0n) is 15.9. The van der Waals surface area contributed by atoms with E-state index in [2.05, 4.69) is 0 Å². The lowest BCUT2D eigenvalue weighted by molar-refractivity contribution is -0.149. The van der Waals surface area contributed by atoms with Crippen molar-refractivity contribution in [3.05, 3.63) is 34.9 Å². The second kappa shape index (κ2) is 6.36. The van der Waals surface area contributed by atoms with E-state index < -0.39 is 11.4 Å². The fraction of sp³-hybridized carbons (Fsp3) is 0.571. The van der Waals surface area contributed by atoms with Gasteiger partial charge in [0, 0.05) is 43.6 Å². The van der Waals surface area contributed by atoms with Crippen molar-refractivity contribution in [2.75, 3.05) is 26.2 Å². The lowest BCUT2D eigenvalue weighted by Crippen LogP contribution is -2.45. The molecule has 0 bridgehead atoms. The lowest BCUT2D eigenvalue weighted by atomic mass is 9.81. The average Bonchev–Trinajstić information content (AvgIpc) is 3.10. The molecule has 6 nitrogen and oxygen atoms in total. The van der Waals surface area contributed by atoms with E-state index in [4.69, 9.17) is 0 Å². The minimum Gasteiger partial charge on any atom is -0.481 e. The SMILES string of the molecule is Cc1ccc(C)c(C(=O)N2C[C@H]3CN(C(=O)C4CCC4)C[C@@]3(C(=O)O)C2)c1.